The Kier molecular flexibility index (Phi) is 3.29. The average molecular weight is 264 g/mol. The number of aliphatic hydroxyl groups is 1. The van der Waals surface area contributed by atoms with E-state index in [-0.39, 0.29) is 0 Å². The lowest BCUT2D eigenvalue weighted by atomic mass is 10.2. The fraction of sp³-hybridized carbons (Fsp3) is 0.250. The molecule has 0 radical (unpaired) electrons. The number of methoxy groups -OCH3 is 1. The Morgan fingerprint density at radius 2 is 2.27 bits per heavy atom. The largest absolute Gasteiger partial charge is 0.364 e. The Bertz CT molecular complexity index is 237. The smallest absolute Gasteiger partial charge is 0.180 e. The lowest BCUT2D eigenvalue weighted by Gasteiger charge is -2.07. The Morgan fingerprint density at radius 3 is 2.82 bits per heavy atom. The molecule has 0 aromatic heterocycles. The highest BCUT2D eigenvalue weighted by Gasteiger charge is 2.03. The van der Waals surface area contributed by atoms with Crippen LogP contribution in [-0.4, -0.2) is 12.2 Å². The summed E-state index contributed by atoms with van der Waals surface area (Å²) in [4.78, 5) is 0. The van der Waals surface area contributed by atoms with Gasteiger partial charge in [-0.1, -0.05) is 12.1 Å². The molecule has 0 heterocycles. The SMILES string of the molecule is COC(O)c1cccc(I)c1. The van der Waals surface area contributed by atoms with Gasteiger partial charge in [-0.2, -0.15) is 0 Å². The molecule has 1 aromatic rings. The molecule has 2 nitrogen and oxygen atoms in total. The molecule has 1 atom stereocenters. The van der Waals surface area contributed by atoms with Crippen LogP contribution in [-0.2, 0) is 4.74 Å². The summed E-state index contributed by atoms with van der Waals surface area (Å²) in [5, 5.41) is 9.23. The third kappa shape index (κ3) is 2.43. The highest BCUT2D eigenvalue weighted by atomic mass is 127. The normalized spacial score (nSPS) is 13.0. The minimum atomic E-state index is -0.801. The molecule has 1 rings (SSSR count). The summed E-state index contributed by atoms with van der Waals surface area (Å²) in [7, 11) is 1.48. The highest BCUT2D eigenvalue weighted by Crippen LogP contribution is 2.15. The van der Waals surface area contributed by atoms with E-state index in [0.717, 1.165) is 9.13 Å². The number of halogens is 1. The number of aliphatic hydroxyl groups excluding tert-OH is 1. The van der Waals surface area contributed by atoms with Crippen LogP contribution >= 0.6 is 22.6 Å². The molecule has 0 bridgehead atoms. The highest BCUT2D eigenvalue weighted by molar-refractivity contribution is 14.1. The van der Waals surface area contributed by atoms with Crippen LogP contribution in [0.5, 0.6) is 0 Å². The zero-order chi connectivity index (χ0) is 8.27. The van der Waals surface area contributed by atoms with E-state index in [1.54, 1.807) is 0 Å². The molecule has 0 aliphatic carbocycles. The second-order valence-electron chi connectivity index (χ2n) is 2.14. The lowest BCUT2D eigenvalue weighted by Crippen LogP contribution is -1.98. The van der Waals surface area contributed by atoms with E-state index in [0.29, 0.717) is 0 Å². The predicted molar refractivity (Wildman–Crippen MR) is 51.1 cm³/mol. The molecule has 0 fully saturated rings. The van der Waals surface area contributed by atoms with Crippen molar-refractivity contribution in [3.63, 3.8) is 0 Å². The standard InChI is InChI=1S/C8H9IO2/c1-11-8(10)6-3-2-4-7(9)5-6/h2-5,8,10H,1H3. The zero-order valence-electron chi connectivity index (χ0n) is 6.12. The van der Waals surface area contributed by atoms with Crippen LogP contribution in [0.15, 0.2) is 24.3 Å². The van der Waals surface area contributed by atoms with Gasteiger partial charge in [0.2, 0.25) is 0 Å². The molecule has 60 valence electrons. The summed E-state index contributed by atoms with van der Waals surface area (Å²) >= 11 is 2.19. The van der Waals surface area contributed by atoms with Gasteiger partial charge in [-0.3, -0.25) is 0 Å². The van der Waals surface area contributed by atoms with Gasteiger partial charge in [-0.15, -0.1) is 0 Å². The second-order valence-corrected chi connectivity index (χ2v) is 3.39. The van der Waals surface area contributed by atoms with Gasteiger partial charge in [0.05, 0.1) is 0 Å². The van der Waals surface area contributed by atoms with Crippen LogP contribution < -0.4 is 0 Å². The van der Waals surface area contributed by atoms with E-state index >= 15 is 0 Å². The Morgan fingerprint density at radius 1 is 1.55 bits per heavy atom. The lowest BCUT2D eigenvalue weighted by molar-refractivity contribution is -0.0769. The van der Waals surface area contributed by atoms with Gasteiger partial charge in [-0.25, -0.2) is 0 Å². The molecule has 1 N–H and O–H groups in total. The third-order valence-electron chi connectivity index (χ3n) is 1.36. The number of ether oxygens (including phenoxy) is 1. The van der Waals surface area contributed by atoms with Crippen molar-refractivity contribution in [2.75, 3.05) is 7.11 Å². The van der Waals surface area contributed by atoms with E-state index in [2.05, 4.69) is 22.6 Å². The molecule has 0 aliphatic heterocycles. The van der Waals surface area contributed by atoms with E-state index in [4.69, 9.17) is 4.74 Å². The second kappa shape index (κ2) is 4.04. The maximum atomic E-state index is 9.23. The molecular formula is C8H9IO2. The first-order valence-electron chi connectivity index (χ1n) is 3.20. The molecule has 0 saturated heterocycles. The Balaban J connectivity index is 2.86. The van der Waals surface area contributed by atoms with Crippen molar-refractivity contribution in [3.8, 4) is 0 Å². The maximum absolute atomic E-state index is 9.23. The summed E-state index contributed by atoms with van der Waals surface area (Å²) in [5.41, 5.74) is 0.791. The Hall–Kier alpha value is -0.130. The van der Waals surface area contributed by atoms with Crippen LogP contribution in [0.3, 0.4) is 0 Å². The zero-order valence-corrected chi connectivity index (χ0v) is 8.28. The fourth-order valence-electron chi connectivity index (χ4n) is 0.796. The van der Waals surface area contributed by atoms with Gasteiger partial charge < -0.3 is 9.84 Å². The van der Waals surface area contributed by atoms with Crippen molar-refractivity contribution >= 4 is 22.6 Å². The number of hydrogen-bond donors (Lipinski definition) is 1. The summed E-state index contributed by atoms with van der Waals surface area (Å²) in [6.45, 7) is 0. The summed E-state index contributed by atoms with van der Waals surface area (Å²) in [6, 6.07) is 7.57. The maximum Gasteiger partial charge on any atom is 0.180 e. The molecule has 1 aromatic carbocycles. The van der Waals surface area contributed by atoms with E-state index < -0.39 is 6.29 Å². The van der Waals surface area contributed by atoms with Gasteiger partial charge in [0, 0.05) is 16.2 Å². The van der Waals surface area contributed by atoms with Crippen LogP contribution in [0.2, 0.25) is 0 Å². The average Bonchev–Trinajstić information content (AvgIpc) is 2.03. The first kappa shape index (κ1) is 8.96. The third-order valence-corrected chi connectivity index (χ3v) is 2.03. The molecule has 3 heteroatoms. The van der Waals surface area contributed by atoms with Crippen molar-refractivity contribution in [2.45, 2.75) is 6.29 Å². The Labute approximate surface area is 79.3 Å². The molecule has 0 aliphatic rings. The van der Waals surface area contributed by atoms with Gasteiger partial charge in [0.25, 0.3) is 0 Å². The van der Waals surface area contributed by atoms with Crippen molar-refractivity contribution in [2.24, 2.45) is 0 Å². The minimum absolute atomic E-state index is 0.791. The molecule has 0 saturated carbocycles. The number of hydrogen-bond acceptors (Lipinski definition) is 2. The minimum Gasteiger partial charge on any atom is -0.364 e. The van der Waals surface area contributed by atoms with Crippen molar-refractivity contribution in [1.82, 2.24) is 0 Å². The monoisotopic (exact) mass is 264 g/mol. The first-order valence-corrected chi connectivity index (χ1v) is 4.28. The summed E-state index contributed by atoms with van der Waals surface area (Å²) < 4.78 is 5.84. The first-order chi connectivity index (χ1) is 5.24. The molecule has 1 unspecified atom stereocenters. The van der Waals surface area contributed by atoms with Crippen molar-refractivity contribution < 1.29 is 9.84 Å². The van der Waals surface area contributed by atoms with Crippen molar-refractivity contribution in [1.29, 1.82) is 0 Å². The summed E-state index contributed by atoms with van der Waals surface area (Å²) in [6.07, 6.45) is -0.801. The van der Waals surface area contributed by atoms with Gasteiger partial charge in [0.1, 0.15) is 0 Å². The van der Waals surface area contributed by atoms with Crippen LogP contribution in [0, 0.1) is 3.57 Å². The van der Waals surface area contributed by atoms with E-state index in [9.17, 15) is 5.11 Å². The van der Waals surface area contributed by atoms with E-state index in [1.165, 1.54) is 7.11 Å². The predicted octanol–water partition coefficient (Wildman–Crippen LogP) is 1.93. The van der Waals surface area contributed by atoms with Crippen molar-refractivity contribution in [3.05, 3.63) is 33.4 Å². The summed E-state index contributed by atoms with van der Waals surface area (Å²) in [5.74, 6) is 0. The molecule has 0 amide bonds. The quantitative estimate of drug-likeness (QED) is 0.653. The van der Waals surface area contributed by atoms with E-state index in [1.807, 2.05) is 24.3 Å². The fourth-order valence-corrected chi connectivity index (χ4v) is 1.36. The van der Waals surface area contributed by atoms with Gasteiger partial charge in [0.15, 0.2) is 6.29 Å². The van der Waals surface area contributed by atoms with Crippen LogP contribution in [0.1, 0.15) is 11.9 Å². The van der Waals surface area contributed by atoms with Crippen LogP contribution in [0.25, 0.3) is 0 Å². The number of benzene rings is 1. The molecular weight excluding hydrogens is 255 g/mol. The molecule has 11 heavy (non-hydrogen) atoms. The molecule has 0 spiro atoms. The number of rotatable bonds is 2. The van der Waals surface area contributed by atoms with Crippen LogP contribution in [0.4, 0.5) is 0 Å². The topological polar surface area (TPSA) is 29.5 Å². The van der Waals surface area contributed by atoms with Gasteiger partial charge in [-0.05, 0) is 34.7 Å². The van der Waals surface area contributed by atoms with Gasteiger partial charge >= 0.3 is 0 Å².